The van der Waals surface area contributed by atoms with E-state index >= 15 is 0 Å². The second-order valence-electron chi connectivity index (χ2n) is 4.78. The molecule has 120 valence electrons. The van der Waals surface area contributed by atoms with E-state index in [0.29, 0.717) is 15.6 Å². The predicted octanol–water partition coefficient (Wildman–Crippen LogP) is 5.05. The van der Waals surface area contributed by atoms with Crippen LogP contribution in [0.1, 0.15) is 28.9 Å². The molecule has 1 amide bonds. The maximum absolute atomic E-state index is 12.3. The summed E-state index contributed by atoms with van der Waals surface area (Å²) in [5.74, 6) is -0.591. The van der Waals surface area contributed by atoms with Crippen LogP contribution in [-0.2, 0) is 0 Å². The van der Waals surface area contributed by atoms with Gasteiger partial charge in [0.25, 0.3) is 11.6 Å². The van der Waals surface area contributed by atoms with Crippen molar-refractivity contribution in [2.75, 3.05) is 0 Å². The van der Waals surface area contributed by atoms with Gasteiger partial charge in [0.2, 0.25) is 0 Å². The van der Waals surface area contributed by atoms with Crippen LogP contribution in [-0.4, -0.2) is 10.8 Å². The van der Waals surface area contributed by atoms with Gasteiger partial charge in [-0.25, -0.2) is 0 Å². The Morgan fingerprint density at radius 3 is 2.35 bits per heavy atom. The average Bonchev–Trinajstić information content (AvgIpc) is 2.46. The van der Waals surface area contributed by atoms with E-state index in [0.717, 1.165) is 6.07 Å². The molecule has 0 radical (unpaired) electrons. The lowest BCUT2D eigenvalue weighted by atomic mass is 10.1. The highest BCUT2D eigenvalue weighted by molar-refractivity contribution is 6.35. The standard InChI is InChI=1S/C15H11Cl3N2O3/c1-8(11-4-2-9(16)6-13(11)18)19-15(21)12-5-3-10(17)7-14(12)20(22)23/h2-8H,1H3,(H,19,21)/t8-/m0/s1. The van der Waals surface area contributed by atoms with Crippen molar-refractivity contribution in [2.24, 2.45) is 0 Å². The highest BCUT2D eigenvalue weighted by Crippen LogP contribution is 2.28. The van der Waals surface area contributed by atoms with Crippen molar-refractivity contribution in [3.05, 3.63) is 72.7 Å². The molecule has 0 bridgehead atoms. The normalized spacial score (nSPS) is 11.8. The van der Waals surface area contributed by atoms with Crippen LogP contribution < -0.4 is 5.32 Å². The summed E-state index contributed by atoms with van der Waals surface area (Å²) in [6.45, 7) is 1.72. The molecule has 0 spiro atoms. The molecular weight excluding hydrogens is 363 g/mol. The molecule has 0 aliphatic rings. The maximum Gasteiger partial charge on any atom is 0.283 e. The minimum Gasteiger partial charge on any atom is -0.345 e. The number of halogens is 3. The van der Waals surface area contributed by atoms with Gasteiger partial charge in [-0.05, 0) is 36.8 Å². The first kappa shape index (κ1) is 17.5. The lowest BCUT2D eigenvalue weighted by Crippen LogP contribution is -2.27. The van der Waals surface area contributed by atoms with Crippen LogP contribution in [0, 0.1) is 10.1 Å². The summed E-state index contributed by atoms with van der Waals surface area (Å²) in [5.41, 5.74) is 0.224. The van der Waals surface area contributed by atoms with Gasteiger partial charge in [-0.1, -0.05) is 40.9 Å². The summed E-state index contributed by atoms with van der Waals surface area (Å²) in [7, 11) is 0. The van der Waals surface area contributed by atoms with Crippen molar-refractivity contribution in [3.63, 3.8) is 0 Å². The van der Waals surface area contributed by atoms with Gasteiger partial charge >= 0.3 is 0 Å². The molecule has 1 N–H and O–H groups in total. The molecule has 2 rings (SSSR count). The molecule has 23 heavy (non-hydrogen) atoms. The summed E-state index contributed by atoms with van der Waals surface area (Å²) in [6.07, 6.45) is 0. The van der Waals surface area contributed by atoms with Gasteiger partial charge in [-0.2, -0.15) is 0 Å². The van der Waals surface area contributed by atoms with E-state index in [4.69, 9.17) is 34.8 Å². The smallest absolute Gasteiger partial charge is 0.283 e. The maximum atomic E-state index is 12.3. The van der Waals surface area contributed by atoms with Crippen molar-refractivity contribution in [2.45, 2.75) is 13.0 Å². The third-order valence-electron chi connectivity index (χ3n) is 3.18. The molecule has 2 aromatic carbocycles. The molecular formula is C15H11Cl3N2O3. The van der Waals surface area contributed by atoms with E-state index < -0.39 is 16.9 Å². The largest absolute Gasteiger partial charge is 0.345 e. The molecule has 0 saturated heterocycles. The highest BCUT2D eigenvalue weighted by Gasteiger charge is 2.22. The van der Waals surface area contributed by atoms with Gasteiger partial charge in [0.1, 0.15) is 5.56 Å². The van der Waals surface area contributed by atoms with Crippen LogP contribution in [0.4, 0.5) is 5.69 Å². The number of carbonyl (C=O) groups is 1. The summed E-state index contributed by atoms with van der Waals surface area (Å²) >= 11 is 17.7. The molecule has 0 aromatic heterocycles. The Kier molecular flexibility index (Phi) is 5.46. The zero-order chi connectivity index (χ0) is 17.1. The van der Waals surface area contributed by atoms with Crippen molar-refractivity contribution in [1.29, 1.82) is 0 Å². The lowest BCUT2D eigenvalue weighted by Gasteiger charge is -2.16. The Hall–Kier alpha value is -1.82. The van der Waals surface area contributed by atoms with Crippen molar-refractivity contribution in [1.82, 2.24) is 5.32 Å². The molecule has 0 fully saturated rings. The van der Waals surface area contributed by atoms with Gasteiger partial charge < -0.3 is 5.32 Å². The molecule has 1 atom stereocenters. The molecule has 5 nitrogen and oxygen atoms in total. The summed E-state index contributed by atoms with van der Waals surface area (Å²) in [6, 6.07) is 8.31. The second-order valence-corrected chi connectivity index (χ2v) is 6.06. The third-order valence-corrected chi connectivity index (χ3v) is 3.98. The van der Waals surface area contributed by atoms with Crippen LogP contribution in [0.3, 0.4) is 0 Å². The number of carbonyl (C=O) groups excluding carboxylic acids is 1. The van der Waals surface area contributed by atoms with Crippen molar-refractivity contribution >= 4 is 46.4 Å². The van der Waals surface area contributed by atoms with Crippen LogP contribution in [0.15, 0.2) is 36.4 Å². The van der Waals surface area contributed by atoms with E-state index in [-0.39, 0.29) is 16.3 Å². The number of rotatable bonds is 4. The van der Waals surface area contributed by atoms with E-state index in [1.54, 1.807) is 25.1 Å². The average molecular weight is 374 g/mol. The summed E-state index contributed by atoms with van der Waals surface area (Å²) in [4.78, 5) is 22.7. The zero-order valence-corrected chi connectivity index (χ0v) is 14.1. The monoisotopic (exact) mass is 372 g/mol. The second kappa shape index (κ2) is 7.17. The molecule has 0 aliphatic carbocycles. The fourth-order valence-electron chi connectivity index (χ4n) is 2.05. The minimum atomic E-state index is -0.652. The number of nitro benzene ring substituents is 1. The van der Waals surface area contributed by atoms with E-state index in [1.165, 1.54) is 12.1 Å². The first-order valence-corrected chi connectivity index (χ1v) is 7.62. The van der Waals surface area contributed by atoms with Gasteiger partial charge in [0.15, 0.2) is 0 Å². The number of benzene rings is 2. The van der Waals surface area contributed by atoms with Gasteiger partial charge in [0.05, 0.1) is 11.0 Å². The molecule has 2 aromatic rings. The van der Waals surface area contributed by atoms with Crippen LogP contribution >= 0.6 is 34.8 Å². The lowest BCUT2D eigenvalue weighted by molar-refractivity contribution is -0.385. The van der Waals surface area contributed by atoms with E-state index in [1.807, 2.05) is 0 Å². The number of hydrogen-bond acceptors (Lipinski definition) is 3. The Balaban J connectivity index is 2.27. The Labute approximate surface area is 147 Å². The van der Waals surface area contributed by atoms with Crippen LogP contribution in [0.5, 0.6) is 0 Å². The van der Waals surface area contributed by atoms with Gasteiger partial charge in [-0.15, -0.1) is 0 Å². The van der Waals surface area contributed by atoms with E-state index in [2.05, 4.69) is 5.32 Å². The molecule has 0 unspecified atom stereocenters. The first-order chi connectivity index (χ1) is 10.8. The minimum absolute atomic E-state index is 0.0728. The number of nitrogens with one attached hydrogen (secondary N) is 1. The van der Waals surface area contributed by atoms with Crippen LogP contribution in [0.2, 0.25) is 15.1 Å². The quantitative estimate of drug-likeness (QED) is 0.602. The van der Waals surface area contributed by atoms with E-state index in [9.17, 15) is 14.9 Å². The molecule has 0 saturated carbocycles. The number of nitro groups is 1. The Morgan fingerprint density at radius 1 is 1.13 bits per heavy atom. The Bertz CT molecular complexity index is 781. The fourth-order valence-corrected chi connectivity index (χ4v) is 2.79. The molecule has 8 heteroatoms. The van der Waals surface area contributed by atoms with Crippen LogP contribution in [0.25, 0.3) is 0 Å². The number of nitrogens with zero attached hydrogens (tertiary/aromatic N) is 1. The first-order valence-electron chi connectivity index (χ1n) is 6.49. The van der Waals surface area contributed by atoms with Gasteiger partial charge in [-0.3, -0.25) is 14.9 Å². The zero-order valence-electron chi connectivity index (χ0n) is 11.8. The molecule has 0 heterocycles. The fraction of sp³-hybridized carbons (Fsp3) is 0.133. The summed E-state index contributed by atoms with van der Waals surface area (Å²) in [5, 5.41) is 14.8. The summed E-state index contributed by atoms with van der Waals surface area (Å²) < 4.78 is 0. The highest BCUT2D eigenvalue weighted by atomic mass is 35.5. The topological polar surface area (TPSA) is 72.2 Å². The van der Waals surface area contributed by atoms with Crippen molar-refractivity contribution in [3.8, 4) is 0 Å². The van der Waals surface area contributed by atoms with Crippen molar-refractivity contribution < 1.29 is 9.72 Å². The SMILES string of the molecule is C[C@H](NC(=O)c1ccc(Cl)cc1[N+](=O)[O-])c1ccc(Cl)cc1Cl. The number of amides is 1. The number of hydrogen-bond donors (Lipinski definition) is 1. The van der Waals surface area contributed by atoms with Gasteiger partial charge in [0, 0.05) is 21.1 Å². The predicted molar refractivity (Wildman–Crippen MR) is 90.4 cm³/mol. The third kappa shape index (κ3) is 4.13. The Morgan fingerprint density at radius 2 is 1.74 bits per heavy atom. The molecule has 0 aliphatic heterocycles.